The molecule has 8 heterocycles. The zero-order valence-corrected chi connectivity index (χ0v) is 68.5. The number of carboxylic acid groups (broad SMARTS) is 1. The first-order valence-corrected chi connectivity index (χ1v) is 38.6. The standard InChI is InChI=1S/C14H13NO3.C13H10ClNO2.C13H11NO3.C13H9NO2.2C13H17NO.C7H6ClNO2.C5H3Cl2N/c1-17-11-6-3-5-10(9-11)12-7-4-8-15-13(12)14(16)18-2;1-17-10-5-2-4-9(8-10)11-6-3-7-15-12(11)13(14)16;1-17-10-5-2-4-9(8-10)11-6-3-7-14-12(11)13(15)16;1-16-8-4-5-10-11(7-8)9-3-2-6-14-12(9)13(10)15;2*1-15-10-5-4-9-7-13-11(12(9)8-10)3-2-6-14-13;1-11-7(10)6-5(8)3-2-4-9-6;6-4-2-1-3-8-5(4)7/h3-9H,1-2H3;2-8H,1H3;2-8H,1H3,(H,15,16);2-7H,1H3;2*4-5,8,11,13-14H,2-3,6-7H2,1H3;2-4H,1H3;1-3H/t;;;;11?,13-;11-,13+;;/m....01../s1. The number of hydrogen-bond acceptors (Lipinski definition) is 21. The zero-order chi connectivity index (χ0) is 83.3. The average Bonchev–Trinajstić information content (AvgIpc) is 1.62. The van der Waals surface area contributed by atoms with Gasteiger partial charge in [-0.25, -0.2) is 34.3 Å². The molecule has 0 bridgehead atoms. The number of ketones is 1. The molecule has 117 heavy (non-hydrogen) atoms. The maximum absolute atomic E-state index is 12.0. The van der Waals surface area contributed by atoms with Gasteiger partial charge in [-0.3, -0.25) is 19.6 Å². The third kappa shape index (κ3) is 22.9. The number of pyridine rings is 6. The largest absolute Gasteiger partial charge is 0.497 e. The Labute approximate surface area is 698 Å². The predicted octanol–water partition coefficient (Wildman–Crippen LogP) is 18.5. The lowest BCUT2D eigenvalue weighted by Crippen LogP contribution is -2.37. The molecule has 1 unspecified atom stereocenters. The van der Waals surface area contributed by atoms with Crippen molar-refractivity contribution in [2.45, 2.75) is 62.4 Å². The molecule has 6 aromatic heterocycles. The number of piperidine rings is 2. The Morgan fingerprint density at radius 2 is 0.769 bits per heavy atom. The fourth-order valence-electron chi connectivity index (χ4n) is 13.9. The van der Waals surface area contributed by atoms with Gasteiger partial charge in [0.25, 0.3) is 5.24 Å². The smallest absolute Gasteiger partial charge is 0.358 e. The van der Waals surface area contributed by atoms with E-state index in [0.717, 1.165) is 74.0 Å². The number of benzene rings is 6. The van der Waals surface area contributed by atoms with Crippen LogP contribution in [0.15, 0.2) is 237 Å². The second-order valence-electron chi connectivity index (χ2n) is 26.4. The van der Waals surface area contributed by atoms with Gasteiger partial charge in [0.2, 0.25) is 5.78 Å². The van der Waals surface area contributed by atoms with Crippen LogP contribution in [-0.2, 0) is 22.3 Å². The van der Waals surface area contributed by atoms with Crippen LogP contribution in [0.4, 0.5) is 0 Å². The molecule has 2 fully saturated rings. The number of nitrogens with one attached hydrogen (secondary N) is 2. The van der Waals surface area contributed by atoms with Gasteiger partial charge in [0.15, 0.2) is 17.1 Å². The second kappa shape index (κ2) is 43.5. The number of hydrogen-bond donors (Lipinski definition) is 3. The van der Waals surface area contributed by atoms with Gasteiger partial charge in [0, 0.05) is 77.1 Å². The lowest BCUT2D eigenvalue weighted by Gasteiger charge is -2.27. The summed E-state index contributed by atoms with van der Waals surface area (Å²) in [6, 6.07) is 63.0. The molecular formula is C91H86Cl4N8O14. The molecular weight excluding hydrogens is 1570 g/mol. The van der Waals surface area contributed by atoms with Crippen molar-refractivity contribution < 1.29 is 67.0 Å². The number of methoxy groups -OCH3 is 8. The fraction of sp³-hybridized carbons (Fsp3) is 0.220. The van der Waals surface area contributed by atoms with Crippen LogP contribution in [0.2, 0.25) is 15.2 Å². The van der Waals surface area contributed by atoms with E-state index in [0.29, 0.717) is 61.1 Å². The van der Waals surface area contributed by atoms with E-state index in [2.05, 4.69) is 81.7 Å². The molecule has 602 valence electrons. The van der Waals surface area contributed by atoms with E-state index in [1.54, 1.807) is 146 Å². The number of carbonyl (C=O) groups is 5. The first-order chi connectivity index (χ1) is 56.8. The molecule has 4 atom stereocenters. The summed E-state index contributed by atoms with van der Waals surface area (Å²) in [6.45, 7) is 2.37. The number of ether oxygens (including phenoxy) is 8. The fourth-order valence-corrected chi connectivity index (χ4v) is 14.5. The molecule has 0 spiro atoms. The number of fused-ring (bicyclic) bond motifs is 9. The number of esters is 2. The molecule has 26 heteroatoms. The molecule has 0 saturated carbocycles. The minimum Gasteiger partial charge on any atom is -0.497 e. The molecule has 6 aromatic carbocycles. The van der Waals surface area contributed by atoms with Gasteiger partial charge in [-0.05, 0) is 247 Å². The van der Waals surface area contributed by atoms with E-state index in [9.17, 15) is 24.0 Å². The summed E-state index contributed by atoms with van der Waals surface area (Å²) in [5, 5.41) is 16.9. The summed E-state index contributed by atoms with van der Waals surface area (Å²) in [5.74, 6) is 4.32. The van der Waals surface area contributed by atoms with Crippen LogP contribution < -0.4 is 39.1 Å². The lowest BCUT2D eigenvalue weighted by molar-refractivity contribution is 0.0586. The molecule has 0 radical (unpaired) electrons. The normalized spacial score (nSPS) is 14.9. The number of aromatic carboxylic acids is 1. The third-order valence-corrected chi connectivity index (χ3v) is 20.7. The monoisotopic (exact) mass is 1650 g/mol. The Kier molecular flexibility index (Phi) is 32.5. The van der Waals surface area contributed by atoms with Crippen LogP contribution in [0.25, 0.3) is 44.5 Å². The summed E-state index contributed by atoms with van der Waals surface area (Å²) in [7, 11) is 12.5. The van der Waals surface area contributed by atoms with E-state index in [4.69, 9.17) is 84.7 Å². The average molecular weight is 1660 g/mol. The Morgan fingerprint density at radius 1 is 0.385 bits per heavy atom. The van der Waals surface area contributed by atoms with E-state index in [1.165, 1.54) is 100 Å². The molecule has 3 N–H and O–H groups in total. The Balaban J connectivity index is 0.000000142. The van der Waals surface area contributed by atoms with E-state index < -0.39 is 23.2 Å². The molecule has 2 aliphatic heterocycles. The Bertz CT molecular complexity index is 5230. The number of nitrogens with zero attached hydrogens (tertiary/aromatic N) is 6. The molecule has 3 aliphatic carbocycles. The van der Waals surface area contributed by atoms with Gasteiger partial charge in [-0.1, -0.05) is 108 Å². The van der Waals surface area contributed by atoms with Crippen LogP contribution in [0.5, 0.6) is 34.5 Å². The van der Waals surface area contributed by atoms with Gasteiger partial charge in [0.05, 0.1) is 66.9 Å². The SMILES string of the molecule is COC(=O)c1ncccc1-c1cccc(OC)c1.COC(=O)c1ncccc1Cl.COc1ccc2c(c1)-c1cccnc1C2=O.COc1ccc2c(c1)C1CCCN[C@H]1C2.COc1ccc2c(c1)[C@H]1CCCN[C@H]1C2.COc1cccc(-c2cccnc2C(=O)Cl)c1.COc1cccc(-c2cccnc2C(=O)O)c1.Clc1cccnc1Cl. The number of carboxylic acids is 1. The predicted molar refractivity (Wildman–Crippen MR) is 453 cm³/mol. The highest BCUT2D eigenvalue weighted by atomic mass is 35.5. The molecule has 22 nitrogen and oxygen atoms in total. The van der Waals surface area contributed by atoms with Crippen molar-refractivity contribution in [2.75, 3.05) is 70.0 Å². The van der Waals surface area contributed by atoms with Crippen molar-refractivity contribution in [1.29, 1.82) is 0 Å². The van der Waals surface area contributed by atoms with Gasteiger partial charge in [-0.15, -0.1) is 0 Å². The summed E-state index contributed by atoms with van der Waals surface area (Å²) >= 11 is 22.1. The molecule has 12 aromatic rings. The van der Waals surface area contributed by atoms with Gasteiger partial charge in [-0.2, -0.15) is 0 Å². The zero-order valence-electron chi connectivity index (χ0n) is 65.4. The van der Waals surface area contributed by atoms with Crippen molar-refractivity contribution in [3.63, 3.8) is 0 Å². The van der Waals surface area contributed by atoms with Crippen LogP contribution in [-0.4, -0.2) is 146 Å². The van der Waals surface area contributed by atoms with Gasteiger partial charge < -0.3 is 53.6 Å². The first kappa shape index (κ1) is 87.2. The molecule has 5 aliphatic rings. The highest BCUT2D eigenvalue weighted by molar-refractivity contribution is 6.68. The molecule has 17 rings (SSSR count). The topological polar surface area (TPSA) is 281 Å². The summed E-state index contributed by atoms with van der Waals surface area (Å²) in [6.07, 6.45) is 17.0. The van der Waals surface area contributed by atoms with Crippen molar-refractivity contribution in [3.8, 4) is 79.0 Å². The van der Waals surface area contributed by atoms with Gasteiger partial charge in [0.1, 0.15) is 51.0 Å². The van der Waals surface area contributed by atoms with Crippen LogP contribution >= 0.6 is 46.4 Å². The Morgan fingerprint density at radius 3 is 1.21 bits per heavy atom. The third-order valence-electron chi connectivity index (χ3n) is 19.5. The molecule has 2 saturated heterocycles. The molecule has 0 amide bonds. The van der Waals surface area contributed by atoms with Gasteiger partial charge >= 0.3 is 17.9 Å². The van der Waals surface area contributed by atoms with E-state index in [-0.39, 0.29) is 22.9 Å². The van der Waals surface area contributed by atoms with Crippen molar-refractivity contribution in [1.82, 2.24) is 40.5 Å². The number of rotatable bonds is 13. The van der Waals surface area contributed by atoms with Crippen molar-refractivity contribution in [3.05, 3.63) is 309 Å². The van der Waals surface area contributed by atoms with Crippen molar-refractivity contribution >= 4 is 75.3 Å². The maximum atomic E-state index is 12.0. The Hall–Kier alpha value is -12.2. The highest BCUT2D eigenvalue weighted by Crippen LogP contribution is 2.43. The van der Waals surface area contributed by atoms with Crippen LogP contribution in [0, 0.1) is 0 Å². The minimum absolute atomic E-state index is 0.00625. The maximum Gasteiger partial charge on any atom is 0.358 e. The second-order valence-corrected chi connectivity index (χ2v) is 27.9. The lowest BCUT2D eigenvalue weighted by atomic mass is 9.90. The number of aromatic nitrogens is 6. The van der Waals surface area contributed by atoms with E-state index >= 15 is 0 Å². The quantitative estimate of drug-likeness (QED) is 0.0549. The first-order valence-electron chi connectivity index (χ1n) is 37.1. The van der Waals surface area contributed by atoms with Crippen LogP contribution in [0.3, 0.4) is 0 Å². The summed E-state index contributed by atoms with van der Waals surface area (Å²) in [4.78, 5) is 80.3. The van der Waals surface area contributed by atoms with Crippen molar-refractivity contribution in [2.24, 2.45) is 0 Å². The van der Waals surface area contributed by atoms with E-state index in [1.807, 2.05) is 84.9 Å². The number of halogens is 4. The summed E-state index contributed by atoms with van der Waals surface area (Å²) in [5.41, 5.74) is 14.3. The number of carbonyl (C=O) groups excluding carboxylic acids is 4. The highest BCUT2D eigenvalue weighted by Gasteiger charge is 2.36. The van der Waals surface area contributed by atoms with Crippen LogP contribution in [0.1, 0.15) is 118 Å². The summed E-state index contributed by atoms with van der Waals surface area (Å²) < 4.78 is 40.3. The minimum atomic E-state index is -1.04.